The lowest BCUT2D eigenvalue weighted by Crippen LogP contribution is -2.50. The lowest BCUT2D eigenvalue weighted by atomic mass is 10.2. The van der Waals surface area contributed by atoms with Gasteiger partial charge in [-0.1, -0.05) is 0 Å². The van der Waals surface area contributed by atoms with Crippen LogP contribution in [0.1, 0.15) is 20.8 Å². The number of hydrogen-bond acceptors (Lipinski definition) is 6. The normalized spacial score (nSPS) is 16.0. The molecule has 0 unspecified atom stereocenters. The Morgan fingerprint density at radius 2 is 1.91 bits per heavy atom. The van der Waals surface area contributed by atoms with Crippen LogP contribution in [0.25, 0.3) is 11.2 Å². The zero-order valence-corrected chi connectivity index (χ0v) is 15.5. The Hall–Kier alpha value is -1.58. The molecule has 3 heterocycles. The maximum atomic E-state index is 12.1. The summed E-state index contributed by atoms with van der Waals surface area (Å²) in [6.07, 6.45) is -0.272. The second kappa shape index (κ2) is 6.14. The van der Waals surface area contributed by atoms with Crippen molar-refractivity contribution in [3.05, 3.63) is 15.8 Å². The van der Waals surface area contributed by atoms with Crippen molar-refractivity contribution in [2.75, 3.05) is 31.1 Å². The summed E-state index contributed by atoms with van der Waals surface area (Å²) >= 11 is 2.15. The van der Waals surface area contributed by atoms with Crippen LogP contribution in [0.2, 0.25) is 0 Å². The van der Waals surface area contributed by atoms with E-state index in [0.717, 1.165) is 3.70 Å². The van der Waals surface area contributed by atoms with Crippen molar-refractivity contribution >= 4 is 45.9 Å². The molecule has 1 aliphatic rings. The number of oxazole rings is 1. The van der Waals surface area contributed by atoms with Gasteiger partial charge in [-0.3, -0.25) is 0 Å². The summed E-state index contributed by atoms with van der Waals surface area (Å²) in [5, 5.41) is 0. The molecule has 0 spiro atoms. The second-order valence-corrected chi connectivity index (χ2v) is 7.51. The Kier molecular flexibility index (Phi) is 4.35. The van der Waals surface area contributed by atoms with Crippen LogP contribution in [0.4, 0.5) is 10.8 Å². The Balaban J connectivity index is 1.65. The third-order valence-corrected chi connectivity index (χ3v) is 4.01. The third-order valence-electron chi connectivity index (χ3n) is 3.41. The van der Waals surface area contributed by atoms with Crippen molar-refractivity contribution in [2.24, 2.45) is 0 Å². The van der Waals surface area contributed by atoms with Gasteiger partial charge in [-0.2, -0.15) is 4.98 Å². The van der Waals surface area contributed by atoms with Gasteiger partial charge in [-0.15, -0.1) is 0 Å². The van der Waals surface area contributed by atoms with E-state index in [1.807, 2.05) is 37.8 Å². The Morgan fingerprint density at radius 1 is 1.22 bits per heavy atom. The van der Waals surface area contributed by atoms with E-state index in [1.165, 1.54) is 0 Å². The molecule has 2 aromatic heterocycles. The van der Waals surface area contributed by atoms with Gasteiger partial charge in [-0.05, 0) is 55.5 Å². The van der Waals surface area contributed by atoms with Gasteiger partial charge in [0.05, 0.1) is 0 Å². The molecule has 3 rings (SSSR count). The summed E-state index contributed by atoms with van der Waals surface area (Å²) in [6.45, 7) is 8.08. The van der Waals surface area contributed by atoms with Gasteiger partial charge in [0.15, 0.2) is 5.58 Å². The molecular formula is C15H19IN4O3. The average molecular weight is 430 g/mol. The molecule has 0 N–H and O–H groups in total. The Labute approximate surface area is 148 Å². The molecule has 8 heteroatoms. The van der Waals surface area contributed by atoms with E-state index in [2.05, 4.69) is 32.6 Å². The molecule has 124 valence electrons. The average Bonchev–Trinajstić information content (AvgIpc) is 2.88. The van der Waals surface area contributed by atoms with Crippen molar-refractivity contribution < 1.29 is 13.9 Å². The van der Waals surface area contributed by atoms with Gasteiger partial charge in [-0.25, -0.2) is 9.78 Å². The van der Waals surface area contributed by atoms with Gasteiger partial charge in [0, 0.05) is 26.2 Å². The van der Waals surface area contributed by atoms with Crippen LogP contribution < -0.4 is 4.90 Å². The maximum absolute atomic E-state index is 12.1. The first kappa shape index (κ1) is 16.3. The lowest BCUT2D eigenvalue weighted by molar-refractivity contribution is 0.0239. The molecule has 0 saturated carbocycles. The first-order valence-electron chi connectivity index (χ1n) is 7.48. The molecule has 7 nitrogen and oxygen atoms in total. The van der Waals surface area contributed by atoms with Gasteiger partial charge in [0.25, 0.3) is 6.01 Å². The van der Waals surface area contributed by atoms with E-state index in [9.17, 15) is 4.79 Å². The highest BCUT2D eigenvalue weighted by atomic mass is 127. The van der Waals surface area contributed by atoms with Crippen molar-refractivity contribution in [2.45, 2.75) is 26.4 Å². The number of halogens is 1. The molecule has 0 bridgehead atoms. The molecule has 0 radical (unpaired) electrons. The largest absolute Gasteiger partial charge is 0.444 e. The number of pyridine rings is 1. The predicted molar refractivity (Wildman–Crippen MR) is 94.5 cm³/mol. The number of hydrogen-bond donors (Lipinski definition) is 0. The number of piperazine rings is 1. The van der Waals surface area contributed by atoms with Crippen molar-refractivity contribution in [3.63, 3.8) is 0 Å². The fourth-order valence-electron chi connectivity index (χ4n) is 2.33. The maximum Gasteiger partial charge on any atom is 0.410 e. The number of carbonyl (C=O) groups is 1. The van der Waals surface area contributed by atoms with Crippen LogP contribution in [-0.2, 0) is 4.74 Å². The zero-order chi connectivity index (χ0) is 16.6. The standard InChI is InChI=1S/C15H19IN4O3/c1-15(2,3)23-14(21)20-8-6-19(7-9-20)13-18-12-10(22-13)4-5-11(16)17-12/h4-5H,6-9H2,1-3H3. The van der Waals surface area contributed by atoms with Gasteiger partial charge < -0.3 is 19.0 Å². The minimum absolute atomic E-state index is 0.272. The molecule has 1 amide bonds. The first-order valence-corrected chi connectivity index (χ1v) is 8.56. The summed E-state index contributed by atoms with van der Waals surface area (Å²) < 4.78 is 12.0. The van der Waals surface area contributed by atoms with Crippen LogP contribution in [0.5, 0.6) is 0 Å². The van der Waals surface area contributed by atoms with E-state index < -0.39 is 5.60 Å². The van der Waals surface area contributed by atoms with Crippen LogP contribution >= 0.6 is 22.6 Å². The highest BCUT2D eigenvalue weighted by Gasteiger charge is 2.27. The van der Waals surface area contributed by atoms with E-state index in [-0.39, 0.29) is 6.09 Å². The highest BCUT2D eigenvalue weighted by Crippen LogP contribution is 2.22. The van der Waals surface area contributed by atoms with Crippen LogP contribution in [0, 0.1) is 3.70 Å². The summed E-state index contributed by atoms with van der Waals surface area (Å²) in [5.41, 5.74) is 0.814. The molecule has 23 heavy (non-hydrogen) atoms. The molecule has 2 aromatic rings. The molecule has 0 atom stereocenters. The molecule has 1 saturated heterocycles. The number of amides is 1. The van der Waals surface area contributed by atoms with Gasteiger partial charge in [0.2, 0.25) is 5.65 Å². The van der Waals surface area contributed by atoms with Gasteiger partial charge >= 0.3 is 6.09 Å². The number of nitrogens with zero attached hydrogens (tertiary/aromatic N) is 4. The van der Waals surface area contributed by atoms with E-state index in [4.69, 9.17) is 9.15 Å². The monoisotopic (exact) mass is 430 g/mol. The van der Waals surface area contributed by atoms with Crippen LogP contribution in [0.3, 0.4) is 0 Å². The number of rotatable bonds is 1. The highest BCUT2D eigenvalue weighted by molar-refractivity contribution is 14.1. The zero-order valence-electron chi connectivity index (χ0n) is 13.4. The van der Waals surface area contributed by atoms with Crippen LogP contribution in [-0.4, -0.2) is 52.7 Å². The van der Waals surface area contributed by atoms with Crippen molar-refractivity contribution in [1.29, 1.82) is 0 Å². The fraction of sp³-hybridized carbons (Fsp3) is 0.533. The number of ether oxygens (including phenoxy) is 1. The number of fused-ring (bicyclic) bond motifs is 1. The first-order chi connectivity index (χ1) is 10.8. The minimum atomic E-state index is -0.475. The van der Waals surface area contributed by atoms with Crippen molar-refractivity contribution in [1.82, 2.24) is 14.9 Å². The van der Waals surface area contributed by atoms with Gasteiger partial charge in [0.1, 0.15) is 9.30 Å². The number of carbonyl (C=O) groups excluding carboxylic acids is 1. The number of aromatic nitrogens is 2. The summed E-state index contributed by atoms with van der Waals surface area (Å²) in [6, 6.07) is 4.31. The fourth-order valence-corrected chi connectivity index (χ4v) is 2.73. The van der Waals surface area contributed by atoms with E-state index in [1.54, 1.807) is 4.90 Å². The molecule has 0 aromatic carbocycles. The number of anilines is 1. The lowest BCUT2D eigenvalue weighted by Gasteiger charge is -2.34. The Bertz CT molecular complexity index is 717. The summed E-state index contributed by atoms with van der Waals surface area (Å²) in [7, 11) is 0. The quantitative estimate of drug-likeness (QED) is 0.512. The van der Waals surface area contributed by atoms with Crippen molar-refractivity contribution in [3.8, 4) is 0 Å². The molecule has 1 aliphatic heterocycles. The molecular weight excluding hydrogens is 411 g/mol. The van der Waals surface area contributed by atoms with E-state index >= 15 is 0 Å². The predicted octanol–water partition coefficient (Wildman–Crippen LogP) is 2.88. The van der Waals surface area contributed by atoms with Crippen LogP contribution in [0.15, 0.2) is 16.5 Å². The molecule has 0 aliphatic carbocycles. The molecule has 1 fully saturated rings. The Morgan fingerprint density at radius 3 is 2.57 bits per heavy atom. The topological polar surface area (TPSA) is 71.7 Å². The SMILES string of the molecule is CC(C)(C)OC(=O)N1CCN(c2nc3nc(I)ccc3o2)CC1. The summed E-state index contributed by atoms with van der Waals surface area (Å²) in [4.78, 5) is 24.6. The summed E-state index contributed by atoms with van der Waals surface area (Å²) in [5.74, 6) is 0. The smallest absolute Gasteiger partial charge is 0.410 e. The minimum Gasteiger partial charge on any atom is -0.444 e. The second-order valence-electron chi connectivity index (χ2n) is 6.41. The van der Waals surface area contributed by atoms with E-state index in [0.29, 0.717) is 43.4 Å². The third kappa shape index (κ3) is 3.85.